The minimum atomic E-state index is 0.0626. The molecule has 2 heterocycles. The van der Waals surface area contributed by atoms with Gasteiger partial charge in [0.2, 0.25) is 0 Å². The second-order valence-electron chi connectivity index (χ2n) is 7.05. The zero-order valence-corrected chi connectivity index (χ0v) is 17.8. The van der Waals surface area contributed by atoms with Crippen LogP contribution in [0.3, 0.4) is 0 Å². The topological polar surface area (TPSA) is 46.6 Å². The smallest absolute Gasteiger partial charge is 0.124 e. The lowest BCUT2D eigenvalue weighted by Gasteiger charge is -2.26. The van der Waals surface area contributed by atoms with Crippen LogP contribution in [0, 0.1) is 0 Å². The van der Waals surface area contributed by atoms with Gasteiger partial charge in [-0.15, -0.1) is 0 Å². The van der Waals surface area contributed by atoms with Crippen LogP contribution in [0.2, 0.25) is 0 Å². The van der Waals surface area contributed by atoms with Crippen LogP contribution >= 0.6 is 12.1 Å². The molecule has 28 heavy (non-hydrogen) atoms. The number of nitrogens with zero attached hydrogens (tertiary/aromatic N) is 2. The molecule has 0 radical (unpaired) electrons. The first-order valence-electron chi connectivity index (χ1n) is 10.1. The maximum absolute atomic E-state index is 6.22. The lowest BCUT2D eigenvalue weighted by atomic mass is 10.1. The van der Waals surface area contributed by atoms with Crippen molar-refractivity contribution < 1.29 is 9.47 Å². The molecular formula is C22H31N3O2S. The summed E-state index contributed by atoms with van der Waals surface area (Å²) >= 11 is 1.67. The monoisotopic (exact) mass is 401 g/mol. The highest BCUT2D eigenvalue weighted by atomic mass is 32.2. The summed E-state index contributed by atoms with van der Waals surface area (Å²) in [5.74, 6) is 0.875. The molecule has 0 amide bonds. The fourth-order valence-electron chi connectivity index (χ4n) is 3.69. The van der Waals surface area contributed by atoms with Crippen molar-refractivity contribution >= 4 is 17.8 Å². The number of anilines is 1. The maximum Gasteiger partial charge on any atom is 0.124 e. The largest absolute Gasteiger partial charge is 0.488 e. The fourth-order valence-corrected chi connectivity index (χ4v) is 4.61. The van der Waals surface area contributed by atoms with E-state index in [0.29, 0.717) is 6.04 Å². The molecule has 5 nitrogen and oxygen atoms in total. The van der Waals surface area contributed by atoms with Gasteiger partial charge in [-0.25, -0.2) is 4.31 Å². The zero-order chi connectivity index (χ0) is 19.8. The molecule has 0 spiro atoms. The Morgan fingerprint density at radius 2 is 1.96 bits per heavy atom. The van der Waals surface area contributed by atoms with Crippen molar-refractivity contribution in [3.8, 4) is 5.75 Å². The van der Waals surface area contributed by atoms with E-state index in [1.807, 2.05) is 24.5 Å². The quantitative estimate of drug-likeness (QED) is 0.532. The summed E-state index contributed by atoms with van der Waals surface area (Å²) in [6.45, 7) is 5.34. The molecule has 1 aliphatic heterocycles. The van der Waals surface area contributed by atoms with E-state index in [4.69, 9.17) is 9.47 Å². The van der Waals surface area contributed by atoms with Crippen molar-refractivity contribution in [2.24, 2.45) is 0 Å². The number of pyridine rings is 1. The molecule has 0 aliphatic carbocycles. The first kappa shape index (κ1) is 21.0. The Bertz CT molecular complexity index is 712. The highest BCUT2D eigenvalue weighted by molar-refractivity contribution is 7.98. The average molecular weight is 402 g/mol. The van der Waals surface area contributed by atoms with Crippen LogP contribution in [0.5, 0.6) is 5.75 Å². The third-order valence-electron chi connectivity index (χ3n) is 5.22. The van der Waals surface area contributed by atoms with Crippen LogP contribution in [-0.2, 0) is 4.74 Å². The lowest BCUT2D eigenvalue weighted by Crippen LogP contribution is -2.32. The maximum atomic E-state index is 6.22. The number of aromatic nitrogens is 1. The Balaban J connectivity index is 1.60. The molecule has 0 saturated carbocycles. The van der Waals surface area contributed by atoms with E-state index in [1.165, 1.54) is 18.4 Å². The van der Waals surface area contributed by atoms with Crippen LogP contribution in [0.25, 0.3) is 0 Å². The van der Waals surface area contributed by atoms with E-state index in [1.54, 1.807) is 19.2 Å². The Labute approximate surface area is 173 Å². The van der Waals surface area contributed by atoms with Gasteiger partial charge in [-0.2, -0.15) is 0 Å². The van der Waals surface area contributed by atoms with Crippen LogP contribution < -0.4 is 9.46 Å². The number of hydrogen-bond acceptors (Lipinski definition) is 6. The molecular weight excluding hydrogens is 370 g/mol. The molecule has 2 aromatic rings. The van der Waals surface area contributed by atoms with Gasteiger partial charge >= 0.3 is 0 Å². The van der Waals surface area contributed by atoms with Crippen LogP contribution in [0.1, 0.15) is 51.1 Å². The number of nitrogens with one attached hydrogen (secondary N) is 1. The van der Waals surface area contributed by atoms with Gasteiger partial charge in [0, 0.05) is 56.0 Å². The minimum Gasteiger partial charge on any atom is -0.488 e. The van der Waals surface area contributed by atoms with Crippen molar-refractivity contribution in [3.05, 3.63) is 54.4 Å². The van der Waals surface area contributed by atoms with E-state index < -0.39 is 0 Å². The summed E-state index contributed by atoms with van der Waals surface area (Å²) in [7, 11) is 1.75. The summed E-state index contributed by atoms with van der Waals surface area (Å²) in [4.78, 5) is 4.14. The van der Waals surface area contributed by atoms with Crippen molar-refractivity contribution in [1.82, 2.24) is 9.29 Å². The van der Waals surface area contributed by atoms with E-state index in [2.05, 4.69) is 52.1 Å². The molecule has 1 aromatic carbocycles. The number of hydrogen-bond donors (Lipinski definition) is 1. The Morgan fingerprint density at radius 1 is 1.18 bits per heavy atom. The van der Waals surface area contributed by atoms with Gasteiger partial charge in [0.05, 0.1) is 6.10 Å². The Hall–Kier alpha value is -1.76. The highest BCUT2D eigenvalue weighted by Crippen LogP contribution is 2.37. The normalized spacial score (nSPS) is 19.3. The molecule has 3 unspecified atom stereocenters. The highest BCUT2D eigenvalue weighted by Gasteiger charge is 2.26. The lowest BCUT2D eigenvalue weighted by molar-refractivity contribution is -0.00149. The standard InChI is InChI=1S/C22H31N3O2S/c1-4-21(26-3)22(5-2)27-19-9-6-8-18(16-19)24-28-25-15-7-10-20(25)17-11-13-23-14-12-17/h6,8-9,11-14,16,20-22,24H,4-5,7,10,15H2,1-3H3. The third kappa shape index (κ3) is 5.40. The third-order valence-corrected chi connectivity index (χ3v) is 6.22. The van der Waals surface area contributed by atoms with E-state index in [-0.39, 0.29) is 12.2 Å². The number of methoxy groups -OCH3 is 1. The minimum absolute atomic E-state index is 0.0626. The SMILES string of the molecule is CCC(OC)C(CC)Oc1cccc(NSN2CCCC2c2ccncc2)c1. The summed E-state index contributed by atoms with van der Waals surface area (Å²) in [5, 5.41) is 0. The molecule has 1 N–H and O–H groups in total. The van der Waals surface area contributed by atoms with Gasteiger partial charge in [0.25, 0.3) is 0 Å². The van der Waals surface area contributed by atoms with Gasteiger partial charge in [-0.1, -0.05) is 19.9 Å². The molecule has 1 saturated heterocycles. The van der Waals surface area contributed by atoms with Crippen molar-refractivity contribution in [3.63, 3.8) is 0 Å². The Morgan fingerprint density at radius 3 is 2.68 bits per heavy atom. The predicted molar refractivity (Wildman–Crippen MR) is 116 cm³/mol. The molecule has 1 fully saturated rings. The summed E-state index contributed by atoms with van der Waals surface area (Å²) in [6.07, 6.45) is 8.16. The first-order valence-corrected chi connectivity index (χ1v) is 10.9. The van der Waals surface area contributed by atoms with Crippen molar-refractivity contribution in [2.75, 3.05) is 18.4 Å². The van der Waals surface area contributed by atoms with Crippen molar-refractivity contribution in [2.45, 2.75) is 57.8 Å². The number of rotatable bonds is 10. The molecule has 0 bridgehead atoms. The van der Waals surface area contributed by atoms with Crippen LogP contribution in [0.4, 0.5) is 5.69 Å². The van der Waals surface area contributed by atoms with E-state index >= 15 is 0 Å². The second-order valence-corrected chi connectivity index (χ2v) is 7.90. The van der Waals surface area contributed by atoms with Crippen molar-refractivity contribution in [1.29, 1.82) is 0 Å². The molecule has 1 aliphatic rings. The summed E-state index contributed by atoms with van der Waals surface area (Å²) in [5.41, 5.74) is 2.37. The Kier molecular flexibility index (Phi) is 8.01. The predicted octanol–water partition coefficient (Wildman–Crippen LogP) is 5.48. The van der Waals surface area contributed by atoms with Gasteiger partial charge in [-0.3, -0.25) is 4.98 Å². The molecule has 1 aromatic heterocycles. The fraction of sp³-hybridized carbons (Fsp3) is 0.500. The second kappa shape index (κ2) is 10.7. The van der Waals surface area contributed by atoms with Gasteiger partial charge in [0.15, 0.2) is 0 Å². The van der Waals surface area contributed by atoms with Gasteiger partial charge in [0.1, 0.15) is 11.9 Å². The summed E-state index contributed by atoms with van der Waals surface area (Å²) < 4.78 is 17.7. The van der Waals surface area contributed by atoms with E-state index in [0.717, 1.165) is 30.8 Å². The molecule has 152 valence electrons. The number of benzene rings is 1. The first-order chi connectivity index (χ1) is 13.7. The van der Waals surface area contributed by atoms with Gasteiger partial charge in [-0.05, 0) is 55.5 Å². The zero-order valence-electron chi connectivity index (χ0n) is 17.0. The van der Waals surface area contributed by atoms with Crippen LogP contribution in [0.15, 0.2) is 48.8 Å². The van der Waals surface area contributed by atoms with Gasteiger partial charge < -0.3 is 14.2 Å². The van der Waals surface area contributed by atoms with Crippen LogP contribution in [-0.4, -0.2) is 35.2 Å². The van der Waals surface area contributed by atoms with E-state index in [9.17, 15) is 0 Å². The summed E-state index contributed by atoms with van der Waals surface area (Å²) in [6, 6.07) is 12.8. The average Bonchev–Trinajstić information content (AvgIpc) is 3.22. The molecule has 3 rings (SSSR count). The molecule has 3 atom stereocenters. The molecule has 6 heteroatoms. The number of ether oxygens (including phenoxy) is 2.